The number of carbonyl (C=O) groups excluding carboxylic acids is 1. The first-order chi connectivity index (χ1) is 9.93. The lowest BCUT2D eigenvalue weighted by Crippen LogP contribution is -2.30. The summed E-state index contributed by atoms with van der Waals surface area (Å²) in [5, 5.41) is 12.0. The number of hydrogen-bond donors (Lipinski definition) is 2. The van der Waals surface area contributed by atoms with E-state index < -0.39 is 0 Å². The molecule has 1 amide bonds. The lowest BCUT2D eigenvalue weighted by atomic mass is 9.94. The van der Waals surface area contributed by atoms with Gasteiger partial charge in [-0.25, -0.2) is 4.98 Å². The molecule has 0 aliphatic carbocycles. The predicted molar refractivity (Wildman–Crippen MR) is 85.5 cm³/mol. The molecule has 0 saturated heterocycles. The summed E-state index contributed by atoms with van der Waals surface area (Å²) in [6, 6.07) is 3.61. The van der Waals surface area contributed by atoms with E-state index in [-0.39, 0.29) is 12.5 Å². The Kier molecular flexibility index (Phi) is 7.15. The van der Waals surface area contributed by atoms with Crippen LogP contribution in [0.5, 0.6) is 0 Å². The van der Waals surface area contributed by atoms with Crippen molar-refractivity contribution in [2.75, 3.05) is 32.1 Å². The Hall–Kier alpha value is -1.62. The molecule has 0 radical (unpaired) electrons. The second-order valence-corrected chi connectivity index (χ2v) is 6.02. The molecule has 21 heavy (non-hydrogen) atoms. The zero-order valence-electron chi connectivity index (χ0n) is 13.5. The highest BCUT2D eigenvalue weighted by Gasteiger charge is 2.13. The van der Waals surface area contributed by atoms with Gasteiger partial charge in [0.25, 0.3) is 5.91 Å². The summed E-state index contributed by atoms with van der Waals surface area (Å²) >= 11 is 0. The second-order valence-electron chi connectivity index (χ2n) is 6.02. The highest BCUT2D eigenvalue weighted by molar-refractivity contribution is 5.94. The standard InChI is InChI=1S/C16H27N3O2/c1-12(2)9-13(7-8-20)10-18-16(21)14-5-6-15(17-11-14)19(3)4/h5-6,11-13,20H,7-10H2,1-4H3,(H,18,21). The third kappa shape index (κ3) is 6.12. The molecule has 5 heteroatoms. The summed E-state index contributed by atoms with van der Waals surface area (Å²) in [5.74, 6) is 1.58. The van der Waals surface area contributed by atoms with Gasteiger partial charge in [0.2, 0.25) is 0 Å². The van der Waals surface area contributed by atoms with E-state index in [0.29, 0.717) is 23.9 Å². The Morgan fingerprint density at radius 2 is 2.10 bits per heavy atom. The zero-order valence-corrected chi connectivity index (χ0v) is 13.5. The molecule has 1 aromatic heterocycles. The van der Waals surface area contributed by atoms with Gasteiger partial charge in [0, 0.05) is 33.4 Å². The summed E-state index contributed by atoms with van der Waals surface area (Å²) in [6.07, 6.45) is 3.31. The fourth-order valence-electron chi connectivity index (χ4n) is 2.28. The second kappa shape index (κ2) is 8.62. The maximum atomic E-state index is 12.1. The first-order valence-corrected chi connectivity index (χ1v) is 7.46. The number of aromatic nitrogens is 1. The maximum absolute atomic E-state index is 12.1. The normalized spacial score (nSPS) is 12.3. The molecular weight excluding hydrogens is 266 g/mol. The van der Waals surface area contributed by atoms with Gasteiger partial charge in [0.15, 0.2) is 0 Å². The largest absolute Gasteiger partial charge is 0.396 e. The van der Waals surface area contributed by atoms with Gasteiger partial charge in [0.05, 0.1) is 5.56 Å². The lowest BCUT2D eigenvalue weighted by molar-refractivity contribution is 0.0941. The van der Waals surface area contributed by atoms with Crippen LogP contribution in [-0.4, -0.2) is 43.2 Å². The van der Waals surface area contributed by atoms with Gasteiger partial charge >= 0.3 is 0 Å². The van der Waals surface area contributed by atoms with Crippen molar-refractivity contribution < 1.29 is 9.90 Å². The topological polar surface area (TPSA) is 65.5 Å². The minimum Gasteiger partial charge on any atom is -0.396 e. The minimum absolute atomic E-state index is 0.112. The average molecular weight is 293 g/mol. The fraction of sp³-hybridized carbons (Fsp3) is 0.625. The monoisotopic (exact) mass is 293 g/mol. The van der Waals surface area contributed by atoms with Crippen LogP contribution in [0.1, 0.15) is 37.0 Å². The Morgan fingerprint density at radius 1 is 1.38 bits per heavy atom. The van der Waals surface area contributed by atoms with E-state index >= 15 is 0 Å². The van der Waals surface area contributed by atoms with E-state index in [1.165, 1.54) is 0 Å². The SMILES string of the molecule is CC(C)CC(CCO)CNC(=O)c1ccc(N(C)C)nc1. The van der Waals surface area contributed by atoms with Crippen LogP contribution in [0.3, 0.4) is 0 Å². The number of nitrogens with zero attached hydrogens (tertiary/aromatic N) is 2. The number of aliphatic hydroxyl groups is 1. The number of pyridine rings is 1. The van der Waals surface area contributed by atoms with E-state index in [9.17, 15) is 4.79 Å². The van der Waals surface area contributed by atoms with Crippen LogP contribution < -0.4 is 10.2 Å². The van der Waals surface area contributed by atoms with Gasteiger partial charge in [-0.2, -0.15) is 0 Å². The first-order valence-electron chi connectivity index (χ1n) is 7.46. The quantitative estimate of drug-likeness (QED) is 0.768. The van der Waals surface area contributed by atoms with E-state index in [2.05, 4.69) is 24.1 Å². The van der Waals surface area contributed by atoms with E-state index in [0.717, 1.165) is 18.7 Å². The van der Waals surface area contributed by atoms with Crippen molar-refractivity contribution in [1.82, 2.24) is 10.3 Å². The zero-order chi connectivity index (χ0) is 15.8. The Morgan fingerprint density at radius 3 is 2.57 bits per heavy atom. The molecule has 2 N–H and O–H groups in total. The summed E-state index contributed by atoms with van der Waals surface area (Å²) in [4.78, 5) is 18.2. The minimum atomic E-state index is -0.112. The molecule has 0 fully saturated rings. The summed E-state index contributed by atoms with van der Waals surface area (Å²) in [6.45, 7) is 5.05. The first kappa shape index (κ1) is 17.4. The molecule has 0 aliphatic rings. The van der Waals surface area contributed by atoms with Gasteiger partial charge in [-0.15, -0.1) is 0 Å². The molecule has 1 atom stereocenters. The van der Waals surface area contributed by atoms with Crippen molar-refractivity contribution in [1.29, 1.82) is 0 Å². The highest BCUT2D eigenvalue weighted by Crippen LogP contribution is 2.14. The van der Waals surface area contributed by atoms with Crippen LogP contribution in [0.4, 0.5) is 5.82 Å². The molecule has 0 aromatic carbocycles. The molecule has 1 rings (SSSR count). The van der Waals surface area contributed by atoms with Crippen molar-refractivity contribution in [2.45, 2.75) is 26.7 Å². The van der Waals surface area contributed by atoms with Gasteiger partial charge in [-0.3, -0.25) is 4.79 Å². The van der Waals surface area contributed by atoms with Crippen LogP contribution in [0.25, 0.3) is 0 Å². The molecule has 0 spiro atoms. The smallest absolute Gasteiger partial charge is 0.252 e. The number of hydrogen-bond acceptors (Lipinski definition) is 4. The summed E-state index contributed by atoms with van der Waals surface area (Å²) in [5.41, 5.74) is 0.563. The molecule has 1 aromatic rings. The summed E-state index contributed by atoms with van der Waals surface area (Å²) < 4.78 is 0. The van der Waals surface area contributed by atoms with Crippen LogP contribution in [0.15, 0.2) is 18.3 Å². The number of anilines is 1. The number of amides is 1. The predicted octanol–water partition coefficient (Wildman–Crippen LogP) is 1.92. The van der Waals surface area contributed by atoms with Crippen LogP contribution in [0, 0.1) is 11.8 Å². The van der Waals surface area contributed by atoms with Gasteiger partial charge in [-0.1, -0.05) is 13.8 Å². The Labute approximate surface area is 127 Å². The van der Waals surface area contributed by atoms with E-state index in [1.807, 2.05) is 25.1 Å². The number of aliphatic hydroxyl groups excluding tert-OH is 1. The van der Waals surface area contributed by atoms with Crippen molar-refractivity contribution in [3.05, 3.63) is 23.9 Å². The number of rotatable bonds is 8. The third-order valence-electron chi connectivity index (χ3n) is 3.36. The molecule has 118 valence electrons. The molecule has 1 unspecified atom stereocenters. The Bertz CT molecular complexity index is 430. The molecule has 0 bridgehead atoms. The van der Waals surface area contributed by atoms with Gasteiger partial charge in [0.1, 0.15) is 5.82 Å². The van der Waals surface area contributed by atoms with Crippen LogP contribution in [0.2, 0.25) is 0 Å². The van der Waals surface area contributed by atoms with Crippen molar-refractivity contribution in [3.63, 3.8) is 0 Å². The Balaban J connectivity index is 2.55. The average Bonchev–Trinajstić information content (AvgIpc) is 2.44. The lowest BCUT2D eigenvalue weighted by Gasteiger charge is -2.18. The third-order valence-corrected chi connectivity index (χ3v) is 3.36. The van der Waals surface area contributed by atoms with Crippen molar-refractivity contribution in [2.24, 2.45) is 11.8 Å². The summed E-state index contributed by atoms with van der Waals surface area (Å²) in [7, 11) is 3.82. The van der Waals surface area contributed by atoms with Crippen molar-refractivity contribution >= 4 is 11.7 Å². The molecule has 0 saturated carbocycles. The maximum Gasteiger partial charge on any atom is 0.252 e. The van der Waals surface area contributed by atoms with E-state index in [1.54, 1.807) is 12.3 Å². The van der Waals surface area contributed by atoms with Gasteiger partial charge < -0.3 is 15.3 Å². The molecule has 0 aliphatic heterocycles. The van der Waals surface area contributed by atoms with Gasteiger partial charge in [-0.05, 0) is 36.8 Å². The number of carbonyl (C=O) groups is 1. The van der Waals surface area contributed by atoms with E-state index in [4.69, 9.17) is 5.11 Å². The molecule has 5 nitrogen and oxygen atoms in total. The highest BCUT2D eigenvalue weighted by atomic mass is 16.3. The number of nitrogens with one attached hydrogen (secondary N) is 1. The van der Waals surface area contributed by atoms with Crippen molar-refractivity contribution in [3.8, 4) is 0 Å². The fourth-order valence-corrected chi connectivity index (χ4v) is 2.28. The van der Waals surface area contributed by atoms with Crippen LogP contribution in [-0.2, 0) is 0 Å². The molecular formula is C16H27N3O2. The molecule has 1 heterocycles. The van der Waals surface area contributed by atoms with Crippen LogP contribution >= 0.6 is 0 Å².